The Morgan fingerprint density at radius 3 is 2.56 bits per heavy atom. The first-order chi connectivity index (χ1) is 8.58. The lowest BCUT2D eigenvalue weighted by molar-refractivity contribution is 0.487. The van der Waals surface area contributed by atoms with Crippen LogP contribution < -0.4 is 5.32 Å². The fourth-order valence-corrected chi connectivity index (χ4v) is 2.96. The predicted molar refractivity (Wildman–Crippen MR) is 78.3 cm³/mol. The number of rotatable bonds is 4. The second kappa shape index (κ2) is 5.83. The molecule has 0 spiro atoms. The molecule has 2 rings (SSSR count). The summed E-state index contributed by atoms with van der Waals surface area (Å²) in [5.41, 5.74) is 2.22. The van der Waals surface area contributed by atoms with Gasteiger partial charge in [-0.1, -0.05) is 29.8 Å². The second-order valence-electron chi connectivity index (χ2n) is 4.42. The van der Waals surface area contributed by atoms with Crippen LogP contribution in [-0.2, 0) is 0 Å². The first-order valence-electron chi connectivity index (χ1n) is 6.00. The molecule has 0 fully saturated rings. The number of halogens is 1. The molecule has 0 aliphatic heterocycles. The summed E-state index contributed by atoms with van der Waals surface area (Å²) in [5, 5.41) is 7.54. The number of nitrogens with zero attached hydrogens (tertiary/aromatic N) is 1. The van der Waals surface area contributed by atoms with Crippen molar-refractivity contribution in [1.82, 2.24) is 10.3 Å². The summed E-state index contributed by atoms with van der Waals surface area (Å²) in [4.78, 5) is 4.50. The molecule has 0 radical (unpaired) electrons. The second-order valence-corrected chi connectivity index (χ2v) is 5.89. The van der Waals surface area contributed by atoms with Crippen LogP contribution in [0.2, 0.25) is 5.02 Å². The van der Waals surface area contributed by atoms with Crippen LogP contribution in [0.25, 0.3) is 0 Å². The van der Waals surface area contributed by atoms with E-state index in [1.54, 1.807) is 11.3 Å². The lowest BCUT2D eigenvalue weighted by Gasteiger charge is -2.20. The number of aryl methyl sites for hydroxylation is 1. The van der Waals surface area contributed by atoms with Crippen LogP contribution in [0.1, 0.15) is 42.2 Å². The lowest BCUT2D eigenvalue weighted by Crippen LogP contribution is -2.23. The van der Waals surface area contributed by atoms with E-state index in [9.17, 15) is 0 Å². The van der Waals surface area contributed by atoms with Gasteiger partial charge in [-0.25, -0.2) is 4.98 Å². The van der Waals surface area contributed by atoms with Gasteiger partial charge in [0, 0.05) is 22.5 Å². The number of aromatic nitrogens is 1. The van der Waals surface area contributed by atoms with Gasteiger partial charge in [-0.15, -0.1) is 11.3 Å². The maximum atomic E-state index is 6.20. The summed E-state index contributed by atoms with van der Waals surface area (Å²) in [7, 11) is 0. The topological polar surface area (TPSA) is 24.9 Å². The van der Waals surface area contributed by atoms with E-state index in [0.717, 1.165) is 21.3 Å². The van der Waals surface area contributed by atoms with Gasteiger partial charge in [-0.05, 0) is 32.4 Å². The molecular weight excluding hydrogens is 264 g/mol. The summed E-state index contributed by atoms with van der Waals surface area (Å²) in [6.07, 6.45) is 0. The molecular formula is C14H17ClN2S. The highest BCUT2D eigenvalue weighted by Gasteiger charge is 2.14. The largest absolute Gasteiger partial charge is 0.302 e. The Morgan fingerprint density at radius 2 is 1.94 bits per heavy atom. The predicted octanol–water partition coefficient (Wildman–Crippen LogP) is 4.52. The third kappa shape index (κ3) is 3.10. The molecule has 1 aromatic carbocycles. The molecule has 0 saturated carbocycles. The van der Waals surface area contributed by atoms with Crippen LogP contribution in [0.3, 0.4) is 0 Å². The van der Waals surface area contributed by atoms with E-state index in [4.69, 9.17) is 11.6 Å². The van der Waals surface area contributed by atoms with Gasteiger partial charge in [0.25, 0.3) is 0 Å². The van der Waals surface area contributed by atoms with Crippen molar-refractivity contribution in [3.63, 3.8) is 0 Å². The number of benzene rings is 1. The highest BCUT2D eigenvalue weighted by atomic mass is 35.5. The summed E-state index contributed by atoms with van der Waals surface area (Å²) in [6, 6.07) is 8.37. The molecule has 0 bridgehead atoms. The standard InChI is InChI=1S/C14H17ClN2S/c1-9(12-6-4-5-7-13(12)15)16-10(2)14-8-18-11(3)17-14/h4-10,16H,1-3H3. The first-order valence-corrected chi connectivity index (χ1v) is 7.26. The maximum Gasteiger partial charge on any atom is 0.0898 e. The molecule has 1 N–H and O–H groups in total. The Hall–Kier alpha value is -0.900. The summed E-state index contributed by atoms with van der Waals surface area (Å²) in [5.74, 6) is 0. The van der Waals surface area contributed by atoms with Crippen LogP contribution in [-0.4, -0.2) is 4.98 Å². The molecule has 0 aliphatic rings. The van der Waals surface area contributed by atoms with Crippen molar-refractivity contribution in [2.24, 2.45) is 0 Å². The monoisotopic (exact) mass is 280 g/mol. The van der Waals surface area contributed by atoms with Gasteiger partial charge < -0.3 is 5.32 Å². The Balaban J connectivity index is 2.08. The van der Waals surface area contributed by atoms with Gasteiger partial charge >= 0.3 is 0 Å². The van der Waals surface area contributed by atoms with Gasteiger partial charge in [0.2, 0.25) is 0 Å². The number of nitrogens with one attached hydrogen (secondary N) is 1. The van der Waals surface area contributed by atoms with Crippen molar-refractivity contribution in [2.45, 2.75) is 32.9 Å². The van der Waals surface area contributed by atoms with E-state index in [1.165, 1.54) is 0 Å². The van der Waals surface area contributed by atoms with Crippen molar-refractivity contribution in [3.05, 3.63) is 50.9 Å². The highest BCUT2D eigenvalue weighted by Crippen LogP contribution is 2.25. The van der Waals surface area contributed by atoms with Crippen molar-refractivity contribution < 1.29 is 0 Å². The van der Waals surface area contributed by atoms with Crippen LogP contribution in [0, 0.1) is 6.92 Å². The molecule has 1 aromatic heterocycles. The molecule has 1 heterocycles. The SMILES string of the molecule is Cc1nc(C(C)NC(C)c2ccccc2Cl)cs1. The first kappa shape index (κ1) is 13.5. The zero-order valence-corrected chi connectivity index (χ0v) is 12.3. The fraction of sp³-hybridized carbons (Fsp3) is 0.357. The van der Waals surface area contributed by atoms with E-state index >= 15 is 0 Å². The maximum absolute atomic E-state index is 6.20. The molecule has 0 aliphatic carbocycles. The van der Waals surface area contributed by atoms with Crippen LogP contribution in [0.4, 0.5) is 0 Å². The molecule has 2 atom stereocenters. The summed E-state index contributed by atoms with van der Waals surface area (Å²) >= 11 is 7.88. The van der Waals surface area contributed by atoms with Crippen molar-refractivity contribution >= 4 is 22.9 Å². The Kier molecular flexibility index (Phi) is 4.38. The zero-order chi connectivity index (χ0) is 13.1. The lowest BCUT2D eigenvalue weighted by atomic mass is 10.1. The number of hydrogen-bond acceptors (Lipinski definition) is 3. The smallest absolute Gasteiger partial charge is 0.0898 e. The molecule has 18 heavy (non-hydrogen) atoms. The van der Waals surface area contributed by atoms with E-state index < -0.39 is 0 Å². The minimum atomic E-state index is 0.204. The summed E-state index contributed by atoms with van der Waals surface area (Å²) < 4.78 is 0. The van der Waals surface area contributed by atoms with E-state index in [0.29, 0.717) is 0 Å². The molecule has 2 unspecified atom stereocenters. The van der Waals surface area contributed by atoms with E-state index in [2.05, 4.69) is 35.6 Å². The van der Waals surface area contributed by atoms with Gasteiger partial charge in [0.15, 0.2) is 0 Å². The molecule has 0 saturated heterocycles. The van der Waals surface area contributed by atoms with Crippen molar-refractivity contribution in [3.8, 4) is 0 Å². The average molecular weight is 281 g/mol. The normalized spacial score (nSPS) is 14.4. The Labute approximate surface area is 117 Å². The van der Waals surface area contributed by atoms with Gasteiger partial charge in [-0.2, -0.15) is 0 Å². The quantitative estimate of drug-likeness (QED) is 0.891. The highest BCUT2D eigenvalue weighted by molar-refractivity contribution is 7.09. The summed E-state index contributed by atoms with van der Waals surface area (Å²) in [6.45, 7) is 6.27. The van der Waals surface area contributed by atoms with Crippen molar-refractivity contribution in [2.75, 3.05) is 0 Å². The van der Waals surface area contributed by atoms with Gasteiger partial charge in [-0.3, -0.25) is 0 Å². The Bertz CT molecular complexity index is 524. The number of hydrogen-bond donors (Lipinski definition) is 1. The molecule has 2 nitrogen and oxygen atoms in total. The van der Waals surface area contributed by atoms with Gasteiger partial charge in [0.05, 0.1) is 10.7 Å². The van der Waals surface area contributed by atoms with E-state index in [1.807, 2.05) is 25.1 Å². The Morgan fingerprint density at radius 1 is 1.22 bits per heavy atom. The van der Waals surface area contributed by atoms with Gasteiger partial charge in [0.1, 0.15) is 0 Å². The average Bonchev–Trinajstić information content (AvgIpc) is 2.76. The van der Waals surface area contributed by atoms with E-state index in [-0.39, 0.29) is 12.1 Å². The third-order valence-electron chi connectivity index (χ3n) is 2.95. The zero-order valence-electron chi connectivity index (χ0n) is 10.8. The minimum Gasteiger partial charge on any atom is -0.302 e. The minimum absolute atomic E-state index is 0.204. The molecule has 0 amide bonds. The molecule has 4 heteroatoms. The molecule has 96 valence electrons. The van der Waals surface area contributed by atoms with Crippen LogP contribution in [0.15, 0.2) is 29.6 Å². The van der Waals surface area contributed by atoms with Crippen LogP contribution >= 0.6 is 22.9 Å². The third-order valence-corrected chi connectivity index (χ3v) is 4.09. The van der Waals surface area contributed by atoms with Crippen molar-refractivity contribution in [1.29, 1.82) is 0 Å². The van der Waals surface area contributed by atoms with Crippen LogP contribution in [0.5, 0.6) is 0 Å². The number of thiazole rings is 1. The fourth-order valence-electron chi connectivity index (χ4n) is 1.96. The molecule has 2 aromatic rings.